The number of benzene rings is 2. The summed E-state index contributed by atoms with van der Waals surface area (Å²) in [6.45, 7) is 5.13. The number of non-ortho nitro benzene ring substituents is 1. The average Bonchev–Trinajstić information content (AvgIpc) is 3.11. The van der Waals surface area contributed by atoms with Gasteiger partial charge in [-0.25, -0.2) is 9.78 Å². The van der Waals surface area contributed by atoms with Crippen molar-refractivity contribution in [2.45, 2.75) is 19.9 Å². The number of anilines is 1. The zero-order chi connectivity index (χ0) is 21.8. The summed E-state index contributed by atoms with van der Waals surface area (Å²) in [5.74, 6) is 0.346. The standard InChI is InChI=1S/C22H24N4O5/c1-16-23-19-5-2-3-6-21(19)25(16)9-4-12-31-22(27)18-15-17(26(28)29)7-8-20(18)24-10-13-30-14-11-24/h2-3,5-8,15H,4,9-14H2,1H3. The maximum atomic E-state index is 12.8. The number of carbonyl (C=O) groups is 1. The monoisotopic (exact) mass is 424 g/mol. The summed E-state index contributed by atoms with van der Waals surface area (Å²) in [6.07, 6.45) is 0.606. The number of nitro groups is 1. The number of nitro benzene ring substituents is 1. The molecular weight excluding hydrogens is 400 g/mol. The van der Waals surface area contributed by atoms with Gasteiger partial charge in [0.1, 0.15) is 5.82 Å². The van der Waals surface area contributed by atoms with Crippen molar-refractivity contribution in [1.82, 2.24) is 9.55 Å². The summed E-state index contributed by atoms with van der Waals surface area (Å²) in [6, 6.07) is 12.2. The number of ether oxygens (including phenoxy) is 2. The van der Waals surface area contributed by atoms with Crippen LogP contribution < -0.4 is 4.90 Å². The number of carbonyl (C=O) groups excluding carboxylic acids is 1. The topological polar surface area (TPSA) is 99.7 Å². The quantitative estimate of drug-likeness (QED) is 0.248. The van der Waals surface area contributed by atoms with Gasteiger partial charge in [0.25, 0.3) is 5.69 Å². The Bertz CT molecular complexity index is 1100. The van der Waals surface area contributed by atoms with Crippen LogP contribution in [0.2, 0.25) is 0 Å². The van der Waals surface area contributed by atoms with Crippen LogP contribution in [0.15, 0.2) is 42.5 Å². The minimum absolute atomic E-state index is 0.135. The van der Waals surface area contributed by atoms with Crippen molar-refractivity contribution in [2.24, 2.45) is 0 Å². The second kappa shape index (κ2) is 9.13. The number of esters is 1. The lowest BCUT2D eigenvalue weighted by Gasteiger charge is -2.30. The number of nitrogens with zero attached hydrogens (tertiary/aromatic N) is 4. The molecule has 0 radical (unpaired) electrons. The van der Waals surface area contributed by atoms with Crippen LogP contribution in [0.25, 0.3) is 11.0 Å². The van der Waals surface area contributed by atoms with Crippen molar-refractivity contribution < 1.29 is 19.2 Å². The molecule has 0 bridgehead atoms. The van der Waals surface area contributed by atoms with E-state index >= 15 is 0 Å². The third-order valence-corrected chi connectivity index (χ3v) is 5.37. The van der Waals surface area contributed by atoms with E-state index in [0.717, 1.165) is 16.9 Å². The summed E-state index contributed by atoms with van der Waals surface area (Å²) in [7, 11) is 0. The molecule has 2 heterocycles. The SMILES string of the molecule is Cc1nc2ccccc2n1CCCOC(=O)c1cc([N+](=O)[O-])ccc1N1CCOCC1. The minimum atomic E-state index is -0.558. The Morgan fingerprint density at radius 1 is 1.23 bits per heavy atom. The summed E-state index contributed by atoms with van der Waals surface area (Å²) in [5.41, 5.74) is 2.68. The molecule has 1 aromatic heterocycles. The van der Waals surface area contributed by atoms with Gasteiger partial charge in [0, 0.05) is 31.8 Å². The van der Waals surface area contributed by atoms with E-state index in [0.29, 0.717) is 45.0 Å². The van der Waals surface area contributed by atoms with Crippen molar-refractivity contribution in [2.75, 3.05) is 37.8 Å². The van der Waals surface area contributed by atoms with Crippen LogP contribution in [-0.4, -0.2) is 53.4 Å². The smallest absolute Gasteiger partial charge is 0.340 e. The molecule has 31 heavy (non-hydrogen) atoms. The normalized spacial score (nSPS) is 14.0. The number of rotatable bonds is 7. The van der Waals surface area contributed by atoms with Crippen molar-refractivity contribution in [3.05, 3.63) is 64.0 Å². The molecule has 9 nitrogen and oxygen atoms in total. The van der Waals surface area contributed by atoms with Gasteiger partial charge in [-0.2, -0.15) is 0 Å². The average molecular weight is 424 g/mol. The molecular formula is C22H24N4O5. The number of fused-ring (bicyclic) bond motifs is 1. The highest BCUT2D eigenvalue weighted by molar-refractivity contribution is 5.96. The highest BCUT2D eigenvalue weighted by Crippen LogP contribution is 2.27. The van der Waals surface area contributed by atoms with E-state index in [9.17, 15) is 14.9 Å². The van der Waals surface area contributed by atoms with Crippen LogP contribution in [-0.2, 0) is 16.0 Å². The zero-order valence-corrected chi connectivity index (χ0v) is 17.3. The van der Waals surface area contributed by atoms with E-state index in [4.69, 9.17) is 9.47 Å². The van der Waals surface area contributed by atoms with E-state index in [-0.39, 0.29) is 17.9 Å². The number of aryl methyl sites for hydroxylation is 2. The molecule has 0 aliphatic carbocycles. The molecule has 0 atom stereocenters. The van der Waals surface area contributed by atoms with Gasteiger partial charge in [-0.1, -0.05) is 12.1 Å². The van der Waals surface area contributed by atoms with Gasteiger partial charge in [-0.05, 0) is 31.5 Å². The summed E-state index contributed by atoms with van der Waals surface area (Å²) in [5, 5.41) is 11.2. The first-order valence-corrected chi connectivity index (χ1v) is 10.2. The number of imidazole rings is 1. The minimum Gasteiger partial charge on any atom is -0.462 e. The van der Waals surface area contributed by atoms with Crippen molar-refractivity contribution in [1.29, 1.82) is 0 Å². The first-order valence-electron chi connectivity index (χ1n) is 10.2. The van der Waals surface area contributed by atoms with Crippen LogP contribution in [0.3, 0.4) is 0 Å². The van der Waals surface area contributed by atoms with E-state index in [2.05, 4.69) is 9.55 Å². The molecule has 0 amide bonds. The molecule has 9 heteroatoms. The first kappa shape index (κ1) is 20.8. The van der Waals surface area contributed by atoms with Crippen LogP contribution in [0.4, 0.5) is 11.4 Å². The fraction of sp³-hybridized carbons (Fsp3) is 0.364. The maximum Gasteiger partial charge on any atom is 0.340 e. The molecule has 2 aromatic carbocycles. The Balaban J connectivity index is 1.44. The van der Waals surface area contributed by atoms with E-state index in [1.807, 2.05) is 36.1 Å². The van der Waals surface area contributed by atoms with Crippen LogP contribution in [0.5, 0.6) is 0 Å². The molecule has 1 fully saturated rings. The predicted octanol–water partition coefficient (Wildman–Crippen LogP) is 3.34. The predicted molar refractivity (Wildman–Crippen MR) is 115 cm³/mol. The largest absolute Gasteiger partial charge is 0.462 e. The lowest BCUT2D eigenvalue weighted by atomic mass is 10.1. The molecule has 162 valence electrons. The number of hydrogen-bond donors (Lipinski definition) is 0. The fourth-order valence-electron chi connectivity index (χ4n) is 3.82. The Hall–Kier alpha value is -3.46. The molecule has 4 rings (SSSR count). The van der Waals surface area contributed by atoms with Crippen molar-refractivity contribution >= 4 is 28.4 Å². The van der Waals surface area contributed by atoms with E-state index in [1.54, 1.807) is 6.07 Å². The molecule has 1 saturated heterocycles. The Kier molecular flexibility index (Phi) is 6.13. The van der Waals surface area contributed by atoms with Crippen LogP contribution in [0.1, 0.15) is 22.6 Å². The lowest BCUT2D eigenvalue weighted by molar-refractivity contribution is -0.384. The highest BCUT2D eigenvalue weighted by Gasteiger charge is 2.23. The molecule has 1 aliphatic rings. The van der Waals surface area contributed by atoms with Gasteiger partial charge in [0.15, 0.2) is 0 Å². The summed E-state index contributed by atoms with van der Waals surface area (Å²) in [4.78, 5) is 30.0. The number of aromatic nitrogens is 2. The van der Waals surface area contributed by atoms with Gasteiger partial charge in [-0.3, -0.25) is 10.1 Å². The Morgan fingerprint density at radius 2 is 2.00 bits per heavy atom. The Morgan fingerprint density at radius 3 is 2.77 bits per heavy atom. The molecule has 3 aromatic rings. The van der Waals surface area contributed by atoms with Crippen molar-refractivity contribution in [3.63, 3.8) is 0 Å². The second-order valence-electron chi connectivity index (χ2n) is 7.35. The number of morpholine rings is 1. The Labute approximate surface area is 179 Å². The molecule has 0 N–H and O–H groups in total. The van der Waals surface area contributed by atoms with Gasteiger partial charge in [0.2, 0.25) is 0 Å². The summed E-state index contributed by atoms with van der Waals surface area (Å²) < 4.78 is 12.9. The zero-order valence-electron chi connectivity index (χ0n) is 17.3. The van der Waals surface area contributed by atoms with Crippen LogP contribution in [0, 0.1) is 17.0 Å². The highest BCUT2D eigenvalue weighted by atomic mass is 16.6. The second-order valence-corrected chi connectivity index (χ2v) is 7.35. The third kappa shape index (κ3) is 4.51. The molecule has 0 unspecified atom stereocenters. The lowest BCUT2D eigenvalue weighted by Crippen LogP contribution is -2.37. The fourth-order valence-corrected chi connectivity index (χ4v) is 3.82. The molecule has 0 spiro atoms. The number of para-hydroxylation sites is 2. The van der Waals surface area contributed by atoms with Crippen LogP contribution >= 0.6 is 0 Å². The maximum absolute atomic E-state index is 12.8. The van der Waals surface area contributed by atoms with Gasteiger partial charge < -0.3 is 18.9 Å². The van der Waals surface area contributed by atoms with Gasteiger partial charge >= 0.3 is 5.97 Å². The third-order valence-electron chi connectivity index (χ3n) is 5.37. The van der Waals surface area contributed by atoms with Crippen molar-refractivity contribution in [3.8, 4) is 0 Å². The molecule has 1 aliphatic heterocycles. The van der Waals surface area contributed by atoms with Gasteiger partial charge in [-0.15, -0.1) is 0 Å². The number of hydrogen-bond acceptors (Lipinski definition) is 7. The summed E-state index contributed by atoms with van der Waals surface area (Å²) >= 11 is 0. The van der Waals surface area contributed by atoms with Gasteiger partial charge in [0.05, 0.1) is 47.0 Å². The first-order chi connectivity index (χ1) is 15.0. The van der Waals surface area contributed by atoms with E-state index < -0.39 is 10.9 Å². The molecule has 0 saturated carbocycles. The van der Waals surface area contributed by atoms with E-state index in [1.165, 1.54) is 12.1 Å².